The van der Waals surface area contributed by atoms with E-state index in [1.54, 1.807) is 29.9 Å². The average Bonchev–Trinajstić information content (AvgIpc) is 2.80. The maximum Gasteiger partial charge on any atom is 0.269 e. The van der Waals surface area contributed by atoms with Gasteiger partial charge < -0.3 is 4.74 Å². The van der Waals surface area contributed by atoms with Crippen molar-refractivity contribution in [1.29, 1.82) is 0 Å². The Morgan fingerprint density at radius 2 is 1.81 bits per heavy atom. The first kappa shape index (κ1) is 20.6. The molecule has 0 saturated carbocycles. The second-order valence-electron chi connectivity index (χ2n) is 6.87. The van der Waals surface area contributed by atoms with Crippen molar-refractivity contribution in [1.82, 2.24) is 9.55 Å². The summed E-state index contributed by atoms with van der Waals surface area (Å²) in [4.78, 5) is 28.6. The molecule has 0 bridgehead atoms. The Kier molecular flexibility index (Phi) is 5.99. The molecule has 0 unspecified atom stereocenters. The third kappa shape index (κ3) is 4.59. The maximum atomic E-state index is 13.2. The molecular weight excluding hydrogens is 414 g/mol. The summed E-state index contributed by atoms with van der Waals surface area (Å²) in [6.45, 7) is 0.359. The highest BCUT2D eigenvalue weighted by Gasteiger charge is 2.13. The third-order valence-corrected chi connectivity index (χ3v) is 5.86. The van der Waals surface area contributed by atoms with Gasteiger partial charge in [-0.3, -0.25) is 19.5 Å². The number of non-ortho nitro benzene ring substituents is 1. The number of nitrogens with zero attached hydrogens (tertiary/aromatic N) is 3. The quantitative estimate of drug-likeness (QED) is 0.182. The first-order chi connectivity index (χ1) is 15.0. The third-order valence-electron chi connectivity index (χ3n) is 4.82. The fraction of sp³-hybridized carbons (Fsp3) is 0.130. The van der Waals surface area contributed by atoms with Gasteiger partial charge in [0.15, 0.2) is 5.16 Å². The second-order valence-corrected chi connectivity index (χ2v) is 7.81. The maximum absolute atomic E-state index is 13.2. The van der Waals surface area contributed by atoms with E-state index in [0.717, 1.165) is 16.9 Å². The number of rotatable bonds is 7. The fourth-order valence-corrected chi connectivity index (χ4v) is 4.16. The predicted molar refractivity (Wildman–Crippen MR) is 121 cm³/mol. The molecule has 0 saturated heterocycles. The molecule has 0 amide bonds. The molecule has 4 aromatic rings. The minimum Gasteiger partial charge on any atom is -0.497 e. The number of hydrogen-bond acceptors (Lipinski definition) is 6. The number of para-hydroxylation sites is 1. The van der Waals surface area contributed by atoms with Gasteiger partial charge in [0.25, 0.3) is 11.2 Å². The summed E-state index contributed by atoms with van der Waals surface area (Å²) in [6, 6.07) is 21.3. The largest absolute Gasteiger partial charge is 0.497 e. The SMILES string of the molecule is COc1ccc(Cn2c(SCc3cccc([N+](=O)[O-])c3)nc3ccccc3c2=O)cc1. The van der Waals surface area contributed by atoms with E-state index in [4.69, 9.17) is 9.72 Å². The van der Waals surface area contributed by atoms with E-state index in [-0.39, 0.29) is 11.2 Å². The van der Waals surface area contributed by atoms with Crippen molar-refractivity contribution in [3.8, 4) is 5.75 Å². The van der Waals surface area contributed by atoms with Crippen molar-refractivity contribution >= 4 is 28.4 Å². The van der Waals surface area contributed by atoms with E-state index in [2.05, 4.69) is 0 Å². The first-order valence-corrected chi connectivity index (χ1v) is 10.5. The molecule has 31 heavy (non-hydrogen) atoms. The molecule has 8 heteroatoms. The monoisotopic (exact) mass is 433 g/mol. The lowest BCUT2D eigenvalue weighted by Gasteiger charge is -2.13. The van der Waals surface area contributed by atoms with Crippen LogP contribution in [0.4, 0.5) is 5.69 Å². The van der Waals surface area contributed by atoms with E-state index < -0.39 is 4.92 Å². The topological polar surface area (TPSA) is 87.3 Å². The summed E-state index contributed by atoms with van der Waals surface area (Å²) in [5.41, 5.74) is 2.28. The zero-order valence-electron chi connectivity index (χ0n) is 16.7. The lowest BCUT2D eigenvalue weighted by Crippen LogP contribution is -2.24. The molecule has 1 aromatic heterocycles. The molecule has 1 heterocycles. The van der Waals surface area contributed by atoms with Crippen LogP contribution in [0.15, 0.2) is 82.7 Å². The molecule has 0 fully saturated rings. The molecule has 0 aliphatic heterocycles. The molecule has 4 rings (SSSR count). The van der Waals surface area contributed by atoms with Gasteiger partial charge in [-0.05, 0) is 35.4 Å². The van der Waals surface area contributed by atoms with Gasteiger partial charge in [0.1, 0.15) is 5.75 Å². The highest BCUT2D eigenvalue weighted by atomic mass is 32.2. The minimum atomic E-state index is -0.415. The molecule has 0 N–H and O–H groups in total. The van der Waals surface area contributed by atoms with Gasteiger partial charge in [0, 0.05) is 17.9 Å². The smallest absolute Gasteiger partial charge is 0.269 e. The normalized spacial score (nSPS) is 10.9. The summed E-state index contributed by atoms with van der Waals surface area (Å²) in [5, 5.41) is 12.2. The van der Waals surface area contributed by atoms with Crippen molar-refractivity contribution in [2.45, 2.75) is 17.5 Å². The fourth-order valence-electron chi connectivity index (χ4n) is 3.22. The van der Waals surface area contributed by atoms with Gasteiger partial charge in [-0.1, -0.05) is 48.2 Å². The Hall–Kier alpha value is -3.65. The Balaban J connectivity index is 1.70. The number of nitro benzene ring substituents is 1. The molecule has 0 spiro atoms. The van der Waals surface area contributed by atoms with E-state index >= 15 is 0 Å². The Bertz CT molecular complexity index is 1300. The number of ether oxygens (including phenoxy) is 1. The van der Waals surface area contributed by atoms with Crippen LogP contribution in [0.3, 0.4) is 0 Å². The van der Waals surface area contributed by atoms with Crippen LogP contribution in [0.5, 0.6) is 5.75 Å². The van der Waals surface area contributed by atoms with Crippen LogP contribution in [0, 0.1) is 10.1 Å². The average molecular weight is 433 g/mol. The zero-order valence-corrected chi connectivity index (χ0v) is 17.5. The number of methoxy groups -OCH3 is 1. The van der Waals surface area contributed by atoms with Crippen LogP contribution < -0.4 is 10.3 Å². The van der Waals surface area contributed by atoms with Gasteiger partial charge >= 0.3 is 0 Å². The number of fused-ring (bicyclic) bond motifs is 1. The Labute approximate surface area is 182 Å². The lowest BCUT2D eigenvalue weighted by molar-refractivity contribution is -0.384. The second kappa shape index (κ2) is 9.01. The molecule has 0 aliphatic rings. The van der Waals surface area contributed by atoms with Gasteiger partial charge in [0.2, 0.25) is 0 Å². The Morgan fingerprint density at radius 3 is 2.55 bits per heavy atom. The highest BCUT2D eigenvalue weighted by molar-refractivity contribution is 7.98. The predicted octanol–water partition coefficient (Wildman–Crippen LogP) is 4.65. The van der Waals surface area contributed by atoms with Gasteiger partial charge in [-0.15, -0.1) is 0 Å². The zero-order chi connectivity index (χ0) is 21.8. The molecule has 156 valence electrons. The van der Waals surface area contributed by atoms with Crippen LogP contribution in [-0.4, -0.2) is 21.6 Å². The first-order valence-electron chi connectivity index (χ1n) is 9.54. The van der Waals surface area contributed by atoms with Crippen LogP contribution in [0.25, 0.3) is 10.9 Å². The number of hydrogen-bond donors (Lipinski definition) is 0. The van der Waals surface area contributed by atoms with Crippen LogP contribution in [0.1, 0.15) is 11.1 Å². The van der Waals surface area contributed by atoms with Crippen molar-refractivity contribution < 1.29 is 9.66 Å². The number of aromatic nitrogens is 2. The van der Waals surface area contributed by atoms with E-state index in [1.165, 1.54) is 17.8 Å². The summed E-state index contributed by atoms with van der Waals surface area (Å²) in [5.74, 6) is 1.20. The summed E-state index contributed by atoms with van der Waals surface area (Å²) < 4.78 is 6.85. The minimum absolute atomic E-state index is 0.0418. The number of nitro groups is 1. The van der Waals surface area contributed by atoms with Crippen molar-refractivity contribution in [3.05, 3.63) is 104 Å². The highest BCUT2D eigenvalue weighted by Crippen LogP contribution is 2.25. The van der Waals surface area contributed by atoms with E-state index in [0.29, 0.717) is 28.4 Å². The molecule has 3 aromatic carbocycles. The van der Waals surface area contributed by atoms with Crippen molar-refractivity contribution in [2.24, 2.45) is 0 Å². The lowest BCUT2D eigenvalue weighted by atomic mass is 10.2. The number of benzene rings is 3. The standard InChI is InChI=1S/C23H19N3O4S/c1-30-19-11-9-16(10-12-19)14-25-22(27)20-7-2-3-8-21(20)24-23(25)31-15-17-5-4-6-18(13-17)26(28)29/h2-13H,14-15H2,1H3. The van der Waals surface area contributed by atoms with E-state index in [1.807, 2.05) is 48.5 Å². The summed E-state index contributed by atoms with van der Waals surface area (Å²) in [7, 11) is 1.61. The van der Waals surface area contributed by atoms with Gasteiger partial charge in [-0.25, -0.2) is 4.98 Å². The van der Waals surface area contributed by atoms with Crippen LogP contribution >= 0.6 is 11.8 Å². The van der Waals surface area contributed by atoms with Gasteiger partial charge in [-0.2, -0.15) is 0 Å². The number of thioether (sulfide) groups is 1. The molecular formula is C23H19N3O4S. The molecule has 0 radical (unpaired) electrons. The molecule has 0 atom stereocenters. The van der Waals surface area contributed by atoms with Gasteiger partial charge in [0.05, 0.1) is 29.5 Å². The summed E-state index contributed by atoms with van der Waals surface area (Å²) >= 11 is 1.38. The van der Waals surface area contributed by atoms with E-state index in [9.17, 15) is 14.9 Å². The summed E-state index contributed by atoms with van der Waals surface area (Å²) in [6.07, 6.45) is 0. The van der Waals surface area contributed by atoms with Crippen LogP contribution in [-0.2, 0) is 12.3 Å². The molecule has 7 nitrogen and oxygen atoms in total. The van der Waals surface area contributed by atoms with Crippen molar-refractivity contribution in [2.75, 3.05) is 7.11 Å². The van der Waals surface area contributed by atoms with Crippen molar-refractivity contribution in [3.63, 3.8) is 0 Å². The van der Waals surface area contributed by atoms with Crippen LogP contribution in [0.2, 0.25) is 0 Å². The molecule has 0 aliphatic carbocycles. The Morgan fingerprint density at radius 1 is 1.03 bits per heavy atom.